The van der Waals surface area contributed by atoms with Gasteiger partial charge < -0.3 is 14.0 Å². The molecule has 8 heteroatoms. The minimum Gasteiger partial charge on any atom is -0.455 e. The molecular formula is C22H27BFNO5. The summed E-state index contributed by atoms with van der Waals surface area (Å²) in [6, 6.07) is 8.98. The highest BCUT2D eigenvalue weighted by molar-refractivity contribution is 6.63. The maximum Gasteiger partial charge on any atom is 0.498 e. The first-order chi connectivity index (χ1) is 13.7. The number of nitro benzene ring substituents is 1. The van der Waals surface area contributed by atoms with Crippen molar-refractivity contribution in [3.63, 3.8) is 0 Å². The second-order valence-corrected chi connectivity index (χ2v) is 9.56. The van der Waals surface area contributed by atoms with Crippen molar-refractivity contribution in [1.29, 1.82) is 0 Å². The molecule has 0 atom stereocenters. The number of non-ortho nitro benzene ring substituents is 1. The minimum atomic E-state index is -0.815. The Labute approximate surface area is 176 Å². The van der Waals surface area contributed by atoms with Gasteiger partial charge in [0.1, 0.15) is 5.75 Å². The number of hydrogen-bond donors (Lipinski definition) is 0. The number of benzene rings is 2. The van der Waals surface area contributed by atoms with E-state index in [9.17, 15) is 14.5 Å². The van der Waals surface area contributed by atoms with E-state index in [-0.39, 0.29) is 16.9 Å². The largest absolute Gasteiger partial charge is 0.498 e. The summed E-state index contributed by atoms with van der Waals surface area (Å²) < 4.78 is 32.7. The maximum atomic E-state index is 14.5. The number of nitro groups is 1. The molecule has 0 N–H and O–H groups in total. The predicted octanol–water partition coefficient (Wildman–Crippen LogP) is 5.12. The molecule has 0 radical (unpaired) electrons. The fourth-order valence-corrected chi connectivity index (χ4v) is 3.06. The molecule has 160 valence electrons. The van der Waals surface area contributed by atoms with Gasteiger partial charge in [0.05, 0.1) is 22.2 Å². The van der Waals surface area contributed by atoms with Gasteiger partial charge >= 0.3 is 7.12 Å². The highest BCUT2D eigenvalue weighted by Crippen LogP contribution is 2.38. The Bertz CT molecular complexity index is 968. The summed E-state index contributed by atoms with van der Waals surface area (Å²) >= 11 is 0. The van der Waals surface area contributed by atoms with Gasteiger partial charge in [-0.05, 0) is 50.8 Å². The third kappa shape index (κ3) is 4.20. The molecule has 6 nitrogen and oxygen atoms in total. The normalized spacial score (nSPS) is 17.8. The molecular weight excluding hydrogens is 388 g/mol. The maximum absolute atomic E-state index is 14.5. The Morgan fingerprint density at radius 1 is 1.00 bits per heavy atom. The molecule has 2 aromatic carbocycles. The van der Waals surface area contributed by atoms with Crippen molar-refractivity contribution < 1.29 is 23.4 Å². The van der Waals surface area contributed by atoms with Crippen LogP contribution in [0, 0.1) is 15.9 Å². The van der Waals surface area contributed by atoms with Gasteiger partial charge in [-0.15, -0.1) is 0 Å². The first kappa shape index (κ1) is 22.2. The molecule has 3 rings (SSSR count). The molecule has 1 aliphatic heterocycles. The predicted molar refractivity (Wildman–Crippen MR) is 114 cm³/mol. The molecule has 1 saturated heterocycles. The third-order valence-electron chi connectivity index (χ3n) is 5.73. The molecule has 0 bridgehead atoms. The van der Waals surface area contributed by atoms with E-state index in [1.165, 1.54) is 12.1 Å². The fourth-order valence-electron chi connectivity index (χ4n) is 3.06. The van der Waals surface area contributed by atoms with Crippen LogP contribution < -0.4 is 10.2 Å². The van der Waals surface area contributed by atoms with Gasteiger partial charge in [0.2, 0.25) is 0 Å². The van der Waals surface area contributed by atoms with Crippen LogP contribution in [0.1, 0.15) is 54.0 Å². The first-order valence-corrected chi connectivity index (χ1v) is 9.83. The van der Waals surface area contributed by atoms with E-state index in [2.05, 4.69) is 20.8 Å². The summed E-state index contributed by atoms with van der Waals surface area (Å²) in [7, 11) is -0.694. The Balaban J connectivity index is 2.04. The molecule has 2 aromatic rings. The topological polar surface area (TPSA) is 70.8 Å². The molecule has 1 fully saturated rings. The van der Waals surface area contributed by atoms with E-state index in [0.29, 0.717) is 11.2 Å². The molecule has 0 spiro atoms. The van der Waals surface area contributed by atoms with E-state index in [1.807, 2.05) is 45.9 Å². The molecule has 0 aliphatic carbocycles. The van der Waals surface area contributed by atoms with Crippen molar-refractivity contribution in [3.8, 4) is 11.5 Å². The lowest BCUT2D eigenvalue weighted by Crippen LogP contribution is -2.41. The zero-order valence-corrected chi connectivity index (χ0v) is 18.4. The monoisotopic (exact) mass is 415 g/mol. The quantitative estimate of drug-likeness (QED) is 0.394. The van der Waals surface area contributed by atoms with Crippen LogP contribution in [0.15, 0.2) is 36.4 Å². The lowest BCUT2D eigenvalue weighted by atomic mass is 9.76. The van der Waals surface area contributed by atoms with Crippen LogP contribution in [-0.2, 0) is 14.7 Å². The van der Waals surface area contributed by atoms with Crippen LogP contribution in [-0.4, -0.2) is 23.2 Å². The third-order valence-corrected chi connectivity index (χ3v) is 5.73. The van der Waals surface area contributed by atoms with E-state index >= 15 is 0 Å². The molecule has 0 unspecified atom stereocenters. The molecule has 0 aromatic heterocycles. The van der Waals surface area contributed by atoms with E-state index in [1.54, 1.807) is 0 Å². The Hall–Kier alpha value is -2.45. The number of halogens is 1. The van der Waals surface area contributed by atoms with Crippen molar-refractivity contribution in [3.05, 3.63) is 57.9 Å². The standard InChI is InChI=1S/C22H27BFNO5/c1-20(2,3)14-8-10-16(23-29-21(4,5)22(6,7)30-23)19(12-14)28-18-11-9-15(25(26)27)13-17(18)24/h8-13H,1-7H3. The van der Waals surface area contributed by atoms with Gasteiger partial charge in [-0.25, -0.2) is 4.39 Å². The van der Waals surface area contributed by atoms with Crippen LogP contribution in [0.4, 0.5) is 10.1 Å². The number of nitrogens with zero attached hydrogens (tertiary/aromatic N) is 1. The first-order valence-electron chi connectivity index (χ1n) is 9.83. The molecule has 0 saturated carbocycles. The zero-order valence-electron chi connectivity index (χ0n) is 18.4. The molecule has 0 amide bonds. The highest BCUT2D eigenvalue weighted by Gasteiger charge is 2.52. The minimum absolute atomic E-state index is 0.107. The number of rotatable bonds is 4. The van der Waals surface area contributed by atoms with E-state index in [0.717, 1.165) is 11.6 Å². The van der Waals surface area contributed by atoms with Gasteiger partial charge in [0.15, 0.2) is 11.6 Å². The van der Waals surface area contributed by atoms with E-state index in [4.69, 9.17) is 14.0 Å². The zero-order chi connectivity index (χ0) is 22.5. The Morgan fingerprint density at radius 2 is 1.60 bits per heavy atom. The van der Waals surface area contributed by atoms with Gasteiger partial charge in [-0.2, -0.15) is 0 Å². The second-order valence-electron chi connectivity index (χ2n) is 9.56. The summed E-state index contributed by atoms with van der Waals surface area (Å²) in [6.45, 7) is 14.0. The van der Waals surface area contributed by atoms with Crippen molar-refractivity contribution >= 4 is 18.3 Å². The van der Waals surface area contributed by atoms with Crippen molar-refractivity contribution in [1.82, 2.24) is 0 Å². The Kier molecular flexibility index (Phi) is 5.45. The average molecular weight is 415 g/mol. The van der Waals surface area contributed by atoms with Crippen molar-refractivity contribution in [2.75, 3.05) is 0 Å². The second kappa shape index (κ2) is 7.36. The Morgan fingerprint density at radius 3 is 2.10 bits per heavy atom. The summed E-state index contributed by atoms with van der Waals surface area (Å²) in [6.07, 6.45) is 0. The van der Waals surface area contributed by atoms with Gasteiger partial charge in [-0.1, -0.05) is 32.9 Å². The number of ether oxygens (including phenoxy) is 1. The summed E-state index contributed by atoms with van der Waals surface area (Å²) in [5.41, 5.74) is 0.0153. The van der Waals surface area contributed by atoms with Crippen LogP contribution in [0.3, 0.4) is 0 Å². The number of hydrogen-bond acceptors (Lipinski definition) is 5. The fraction of sp³-hybridized carbons (Fsp3) is 0.455. The molecule has 1 aliphatic rings. The molecule has 30 heavy (non-hydrogen) atoms. The SMILES string of the molecule is CC(C)(C)c1ccc(B2OC(C)(C)C(C)(C)O2)c(Oc2ccc([N+](=O)[O-])cc2F)c1. The van der Waals surface area contributed by atoms with Gasteiger partial charge in [0.25, 0.3) is 5.69 Å². The smallest absolute Gasteiger partial charge is 0.455 e. The van der Waals surface area contributed by atoms with Crippen LogP contribution in [0.25, 0.3) is 0 Å². The van der Waals surface area contributed by atoms with E-state index < -0.39 is 29.1 Å². The van der Waals surface area contributed by atoms with Crippen molar-refractivity contribution in [2.24, 2.45) is 0 Å². The highest BCUT2D eigenvalue weighted by atomic mass is 19.1. The average Bonchev–Trinajstić information content (AvgIpc) is 2.83. The lowest BCUT2D eigenvalue weighted by Gasteiger charge is -2.32. The van der Waals surface area contributed by atoms with Crippen LogP contribution in [0.2, 0.25) is 0 Å². The van der Waals surface area contributed by atoms with Crippen LogP contribution >= 0.6 is 0 Å². The van der Waals surface area contributed by atoms with Gasteiger partial charge in [-0.3, -0.25) is 10.1 Å². The summed E-state index contributed by atoms with van der Waals surface area (Å²) in [5.74, 6) is -0.539. The van der Waals surface area contributed by atoms with Crippen molar-refractivity contribution in [2.45, 2.75) is 65.1 Å². The summed E-state index contributed by atoms with van der Waals surface area (Å²) in [5, 5.41) is 10.9. The molecule has 1 heterocycles. The summed E-state index contributed by atoms with van der Waals surface area (Å²) in [4.78, 5) is 10.2. The van der Waals surface area contributed by atoms with Crippen LogP contribution in [0.5, 0.6) is 11.5 Å². The lowest BCUT2D eigenvalue weighted by molar-refractivity contribution is -0.385. The van der Waals surface area contributed by atoms with Gasteiger partial charge in [0, 0.05) is 11.5 Å².